The average molecular weight is 382 g/mol. The summed E-state index contributed by atoms with van der Waals surface area (Å²) in [6.07, 6.45) is 13.2. The van der Waals surface area contributed by atoms with Gasteiger partial charge < -0.3 is 0 Å². The van der Waals surface area contributed by atoms with Crippen molar-refractivity contribution in [3.05, 3.63) is 29.8 Å². The second kappa shape index (κ2) is 13.2. The molecule has 1 aromatic rings. The number of hydrogen-bond acceptors (Lipinski definition) is 2. The van der Waals surface area contributed by atoms with Crippen molar-refractivity contribution < 1.29 is 8.42 Å². The van der Waals surface area contributed by atoms with Crippen LogP contribution in [-0.2, 0) is 10.0 Å². The van der Waals surface area contributed by atoms with Gasteiger partial charge in [0.25, 0.3) is 0 Å². The molecule has 0 aliphatic carbocycles. The van der Waals surface area contributed by atoms with Crippen LogP contribution in [0.15, 0.2) is 24.3 Å². The van der Waals surface area contributed by atoms with E-state index in [0.717, 1.165) is 25.7 Å². The van der Waals surface area contributed by atoms with Crippen LogP contribution in [0, 0.1) is 0 Å². The molecule has 0 heterocycles. The molecule has 0 spiro atoms. The third-order valence-corrected chi connectivity index (χ3v) is 6.50. The monoisotopic (exact) mass is 381 g/mol. The van der Waals surface area contributed by atoms with Crippen molar-refractivity contribution in [2.45, 2.75) is 97.3 Å². The van der Waals surface area contributed by atoms with E-state index in [2.05, 4.69) is 25.5 Å². The van der Waals surface area contributed by atoms with Crippen LogP contribution in [0.3, 0.4) is 0 Å². The number of unbranched alkanes of at least 4 members (excludes halogenated alkanes) is 9. The third kappa shape index (κ3) is 10.2. The van der Waals surface area contributed by atoms with Crippen LogP contribution in [0.2, 0.25) is 0 Å². The number of sulfonamides is 1. The Balaban J connectivity index is 2.18. The summed E-state index contributed by atoms with van der Waals surface area (Å²) in [6.45, 7) is 6.59. The Morgan fingerprint density at radius 3 is 1.81 bits per heavy atom. The van der Waals surface area contributed by atoms with Gasteiger partial charge in [0.1, 0.15) is 0 Å². The first kappa shape index (κ1) is 23.0. The van der Waals surface area contributed by atoms with E-state index in [0.29, 0.717) is 11.6 Å². The number of anilines is 1. The Bertz CT molecular complexity index is 566. The molecule has 0 fully saturated rings. The Labute approximate surface area is 162 Å². The van der Waals surface area contributed by atoms with Crippen LogP contribution in [0.1, 0.15) is 103 Å². The molecule has 0 amide bonds. The van der Waals surface area contributed by atoms with Crippen molar-refractivity contribution in [3.63, 3.8) is 0 Å². The molecular weight excluding hydrogens is 342 g/mol. The van der Waals surface area contributed by atoms with Crippen molar-refractivity contribution in [1.29, 1.82) is 0 Å². The van der Waals surface area contributed by atoms with E-state index in [1.165, 1.54) is 50.5 Å². The zero-order valence-corrected chi connectivity index (χ0v) is 17.9. The van der Waals surface area contributed by atoms with E-state index in [-0.39, 0.29) is 5.75 Å². The fourth-order valence-corrected chi connectivity index (χ4v) is 4.31. The molecule has 0 saturated carbocycles. The number of hydrogen-bond donors (Lipinski definition) is 1. The van der Waals surface area contributed by atoms with Gasteiger partial charge in [0.15, 0.2) is 0 Å². The minimum atomic E-state index is -3.23. The maximum Gasteiger partial charge on any atom is 0.232 e. The summed E-state index contributed by atoms with van der Waals surface area (Å²) in [4.78, 5) is 0. The lowest BCUT2D eigenvalue weighted by Gasteiger charge is -2.11. The normalized spacial score (nSPS) is 12.9. The van der Waals surface area contributed by atoms with Crippen molar-refractivity contribution in [3.8, 4) is 0 Å². The molecule has 0 aliphatic heterocycles. The Morgan fingerprint density at radius 1 is 0.808 bits per heavy atom. The first-order valence-corrected chi connectivity index (χ1v) is 12.2. The van der Waals surface area contributed by atoms with Crippen molar-refractivity contribution >= 4 is 15.7 Å². The third-order valence-electron chi connectivity index (χ3n) is 5.13. The van der Waals surface area contributed by atoms with E-state index in [1.54, 1.807) is 0 Å². The molecule has 26 heavy (non-hydrogen) atoms. The van der Waals surface area contributed by atoms with E-state index in [9.17, 15) is 8.42 Å². The van der Waals surface area contributed by atoms with Gasteiger partial charge in [0, 0.05) is 5.69 Å². The molecule has 0 saturated heterocycles. The Hall–Kier alpha value is -1.03. The number of benzene rings is 1. The van der Waals surface area contributed by atoms with Gasteiger partial charge in [0.2, 0.25) is 10.0 Å². The SMILES string of the molecule is CCCCCCCCCCCCS(=O)(=O)Nc1ccc(C(C)CC)cc1. The molecular formula is C22H39NO2S. The van der Waals surface area contributed by atoms with Crippen LogP contribution in [0.5, 0.6) is 0 Å². The summed E-state index contributed by atoms with van der Waals surface area (Å²) in [6, 6.07) is 7.79. The predicted octanol–water partition coefficient (Wildman–Crippen LogP) is 6.86. The first-order valence-electron chi connectivity index (χ1n) is 10.6. The molecule has 3 nitrogen and oxygen atoms in total. The summed E-state index contributed by atoms with van der Waals surface area (Å²) in [7, 11) is -3.23. The topological polar surface area (TPSA) is 46.2 Å². The van der Waals surface area contributed by atoms with Crippen LogP contribution >= 0.6 is 0 Å². The molecule has 0 aliphatic rings. The van der Waals surface area contributed by atoms with E-state index >= 15 is 0 Å². The average Bonchev–Trinajstić information content (AvgIpc) is 2.63. The maximum absolute atomic E-state index is 12.2. The van der Waals surface area contributed by atoms with E-state index < -0.39 is 10.0 Å². The quantitative estimate of drug-likeness (QED) is 0.337. The summed E-state index contributed by atoms with van der Waals surface area (Å²) in [5, 5.41) is 0. The predicted molar refractivity (Wildman–Crippen MR) is 114 cm³/mol. The van der Waals surface area contributed by atoms with Crippen LogP contribution in [0.4, 0.5) is 5.69 Å². The fraction of sp³-hybridized carbons (Fsp3) is 0.727. The summed E-state index contributed by atoms with van der Waals surface area (Å²) in [5.74, 6) is 0.726. The summed E-state index contributed by atoms with van der Waals surface area (Å²) >= 11 is 0. The van der Waals surface area contributed by atoms with Crippen LogP contribution in [0.25, 0.3) is 0 Å². The molecule has 150 valence electrons. The Kier molecular flexibility index (Phi) is 11.7. The highest BCUT2D eigenvalue weighted by molar-refractivity contribution is 7.92. The van der Waals surface area contributed by atoms with Crippen molar-refractivity contribution in [1.82, 2.24) is 0 Å². The lowest BCUT2D eigenvalue weighted by molar-refractivity contribution is 0.558. The molecule has 1 N–H and O–H groups in total. The van der Waals surface area contributed by atoms with Gasteiger partial charge in [-0.25, -0.2) is 8.42 Å². The lowest BCUT2D eigenvalue weighted by Crippen LogP contribution is -2.16. The Morgan fingerprint density at radius 2 is 1.31 bits per heavy atom. The highest BCUT2D eigenvalue weighted by Crippen LogP contribution is 2.21. The molecule has 0 radical (unpaired) electrons. The van der Waals surface area contributed by atoms with Gasteiger partial charge in [-0.15, -0.1) is 0 Å². The first-order chi connectivity index (χ1) is 12.5. The molecule has 1 rings (SSSR count). The van der Waals surface area contributed by atoms with Gasteiger partial charge in [-0.1, -0.05) is 90.7 Å². The van der Waals surface area contributed by atoms with Crippen molar-refractivity contribution in [2.75, 3.05) is 10.5 Å². The lowest BCUT2D eigenvalue weighted by atomic mass is 9.99. The molecule has 0 aromatic heterocycles. The molecule has 1 atom stereocenters. The highest BCUT2D eigenvalue weighted by atomic mass is 32.2. The largest absolute Gasteiger partial charge is 0.284 e. The van der Waals surface area contributed by atoms with Crippen LogP contribution < -0.4 is 4.72 Å². The van der Waals surface area contributed by atoms with Crippen molar-refractivity contribution in [2.24, 2.45) is 0 Å². The minimum absolute atomic E-state index is 0.219. The number of rotatable bonds is 15. The minimum Gasteiger partial charge on any atom is -0.284 e. The molecule has 0 bridgehead atoms. The van der Waals surface area contributed by atoms with Gasteiger partial charge in [-0.3, -0.25) is 4.72 Å². The fourth-order valence-electron chi connectivity index (χ4n) is 3.13. The standard InChI is InChI=1S/C22H39NO2S/c1-4-6-7-8-9-10-11-12-13-14-19-26(24,25)23-22-17-15-21(16-18-22)20(3)5-2/h15-18,20,23H,4-14,19H2,1-3H3. The second-order valence-electron chi connectivity index (χ2n) is 7.53. The van der Waals surface area contributed by atoms with Gasteiger partial charge in [0.05, 0.1) is 5.75 Å². The molecule has 1 aromatic carbocycles. The highest BCUT2D eigenvalue weighted by Gasteiger charge is 2.10. The molecule has 1 unspecified atom stereocenters. The van der Waals surface area contributed by atoms with E-state index in [4.69, 9.17) is 0 Å². The zero-order chi connectivity index (χ0) is 19.3. The summed E-state index contributed by atoms with van der Waals surface area (Å²) in [5.41, 5.74) is 1.93. The van der Waals surface area contributed by atoms with Gasteiger partial charge in [-0.2, -0.15) is 0 Å². The second-order valence-corrected chi connectivity index (χ2v) is 9.38. The van der Waals surface area contributed by atoms with Gasteiger partial charge in [-0.05, 0) is 36.5 Å². The number of nitrogens with one attached hydrogen (secondary N) is 1. The smallest absolute Gasteiger partial charge is 0.232 e. The zero-order valence-electron chi connectivity index (χ0n) is 17.1. The summed E-state index contributed by atoms with van der Waals surface area (Å²) < 4.78 is 27.1. The van der Waals surface area contributed by atoms with Crippen LogP contribution in [-0.4, -0.2) is 14.2 Å². The molecule has 4 heteroatoms. The maximum atomic E-state index is 12.2. The van der Waals surface area contributed by atoms with E-state index in [1.807, 2.05) is 24.3 Å². The van der Waals surface area contributed by atoms with Gasteiger partial charge >= 0.3 is 0 Å².